The molecule has 2 aromatic heterocycles. The Bertz CT molecular complexity index is 746. The lowest BCUT2D eigenvalue weighted by Crippen LogP contribution is -2.08. The van der Waals surface area contributed by atoms with Gasteiger partial charge < -0.3 is 4.57 Å². The lowest BCUT2D eigenvalue weighted by atomic mass is 10.1. The number of halogens is 1. The summed E-state index contributed by atoms with van der Waals surface area (Å²) in [4.78, 5) is 9.00. The summed E-state index contributed by atoms with van der Waals surface area (Å²) in [5.41, 5.74) is 2.37. The molecule has 4 heteroatoms. The third-order valence-electron chi connectivity index (χ3n) is 3.34. The molecule has 0 fully saturated rings. The molecular weight excluding hydrogens is 253 g/mol. The van der Waals surface area contributed by atoms with E-state index < -0.39 is 0 Å². The summed E-state index contributed by atoms with van der Waals surface area (Å²) < 4.78 is 15.9. The first kappa shape index (κ1) is 12.8. The number of fused-ring (bicyclic) bond motifs is 1. The van der Waals surface area contributed by atoms with Crippen molar-refractivity contribution < 1.29 is 4.39 Å². The fourth-order valence-corrected chi connectivity index (χ4v) is 2.46. The number of benzene rings is 1. The van der Waals surface area contributed by atoms with Crippen LogP contribution in [0.2, 0.25) is 0 Å². The highest BCUT2D eigenvalue weighted by atomic mass is 19.1. The zero-order chi connectivity index (χ0) is 14.1. The Morgan fingerprint density at radius 1 is 1.15 bits per heavy atom. The highest BCUT2D eigenvalue weighted by Gasteiger charge is 2.15. The smallest absolute Gasteiger partial charge is 0.160 e. The fourth-order valence-electron chi connectivity index (χ4n) is 2.46. The molecule has 3 nitrogen and oxygen atoms in total. The van der Waals surface area contributed by atoms with Crippen LogP contribution in [0.25, 0.3) is 11.2 Å². The van der Waals surface area contributed by atoms with Crippen molar-refractivity contribution in [3.63, 3.8) is 0 Å². The second kappa shape index (κ2) is 5.04. The van der Waals surface area contributed by atoms with Crippen molar-refractivity contribution >= 4 is 11.2 Å². The largest absolute Gasteiger partial charge is 0.310 e. The zero-order valence-electron chi connectivity index (χ0n) is 11.5. The Morgan fingerprint density at radius 2 is 1.95 bits per heavy atom. The van der Waals surface area contributed by atoms with E-state index in [1.165, 1.54) is 6.07 Å². The van der Waals surface area contributed by atoms with Gasteiger partial charge in [-0.1, -0.05) is 18.2 Å². The first-order valence-electron chi connectivity index (χ1n) is 6.72. The van der Waals surface area contributed by atoms with Crippen LogP contribution in [0, 0.1) is 5.82 Å². The number of imidazole rings is 1. The van der Waals surface area contributed by atoms with Gasteiger partial charge in [0.15, 0.2) is 5.65 Å². The minimum atomic E-state index is -0.192. The van der Waals surface area contributed by atoms with E-state index in [4.69, 9.17) is 0 Å². The minimum Gasteiger partial charge on any atom is -0.310 e. The van der Waals surface area contributed by atoms with Gasteiger partial charge in [-0.25, -0.2) is 14.4 Å². The van der Waals surface area contributed by atoms with Crippen LogP contribution in [-0.4, -0.2) is 14.5 Å². The number of pyridine rings is 1. The van der Waals surface area contributed by atoms with Gasteiger partial charge in [-0.05, 0) is 37.6 Å². The molecule has 102 valence electrons. The molecule has 1 aromatic carbocycles. The summed E-state index contributed by atoms with van der Waals surface area (Å²) in [6.45, 7) is 4.17. The number of nitrogens with zero attached hydrogens (tertiary/aromatic N) is 3. The predicted octanol–water partition coefficient (Wildman–Crippen LogP) is 3.74. The molecule has 2 heterocycles. The van der Waals surface area contributed by atoms with Gasteiger partial charge in [0.25, 0.3) is 0 Å². The van der Waals surface area contributed by atoms with E-state index in [2.05, 4.69) is 28.4 Å². The van der Waals surface area contributed by atoms with Gasteiger partial charge in [0.1, 0.15) is 17.2 Å². The second-order valence-corrected chi connectivity index (χ2v) is 5.11. The standard InChI is InChI=1S/C16H16FN3/c1-11(2)20-15(10-12-6-3-4-7-13(12)17)19-14-8-5-9-18-16(14)20/h3-9,11H,10H2,1-2H3. The van der Waals surface area contributed by atoms with Crippen molar-refractivity contribution in [2.24, 2.45) is 0 Å². The van der Waals surface area contributed by atoms with Crippen LogP contribution in [-0.2, 0) is 6.42 Å². The van der Waals surface area contributed by atoms with Crippen molar-refractivity contribution in [2.75, 3.05) is 0 Å². The predicted molar refractivity (Wildman–Crippen MR) is 77.1 cm³/mol. The molecule has 0 amide bonds. The van der Waals surface area contributed by atoms with Gasteiger partial charge in [-0.15, -0.1) is 0 Å². The third kappa shape index (κ3) is 2.18. The quantitative estimate of drug-likeness (QED) is 0.725. The maximum absolute atomic E-state index is 13.8. The summed E-state index contributed by atoms with van der Waals surface area (Å²) in [5.74, 6) is 0.654. The molecule has 0 spiro atoms. The molecule has 0 bridgehead atoms. The van der Waals surface area contributed by atoms with E-state index in [-0.39, 0.29) is 11.9 Å². The maximum atomic E-state index is 13.8. The van der Waals surface area contributed by atoms with Crippen molar-refractivity contribution in [3.8, 4) is 0 Å². The Balaban J connectivity index is 2.12. The molecule has 20 heavy (non-hydrogen) atoms. The maximum Gasteiger partial charge on any atom is 0.160 e. The summed E-state index contributed by atoms with van der Waals surface area (Å²) in [7, 11) is 0. The van der Waals surface area contributed by atoms with Crippen LogP contribution in [0.15, 0.2) is 42.6 Å². The number of hydrogen-bond donors (Lipinski definition) is 0. The van der Waals surface area contributed by atoms with Crippen molar-refractivity contribution in [3.05, 3.63) is 59.8 Å². The first-order chi connectivity index (χ1) is 9.66. The van der Waals surface area contributed by atoms with Gasteiger partial charge in [0.05, 0.1) is 0 Å². The molecule has 0 aliphatic carbocycles. The van der Waals surface area contributed by atoms with E-state index in [0.717, 1.165) is 17.0 Å². The Morgan fingerprint density at radius 3 is 2.70 bits per heavy atom. The van der Waals surface area contributed by atoms with Gasteiger partial charge >= 0.3 is 0 Å². The Labute approximate surface area is 117 Å². The summed E-state index contributed by atoms with van der Waals surface area (Å²) >= 11 is 0. The number of rotatable bonds is 3. The molecule has 0 saturated carbocycles. The number of hydrogen-bond acceptors (Lipinski definition) is 2. The third-order valence-corrected chi connectivity index (χ3v) is 3.34. The monoisotopic (exact) mass is 269 g/mol. The van der Waals surface area contributed by atoms with Crippen LogP contribution < -0.4 is 0 Å². The lowest BCUT2D eigenvalue weighted by molar-refractivity contribution is 0.576. The average Bonchev–Trinajstić information content (AvgIpc) is 2.79. The van der Waals surface area contributed by atoms with Crippen LogP contribution in [0.4, 0.5) is 4.39 Å². The molecule has 0 atom stereocenters. The van der Waals surface area contributed by atoms with Gasteiger partial charge in [-0.2, -0.15) is 0 Å². The number of aromatic nitrogens is 3. The van der Waals surface area contributed by atoms with Gasteiger partial charge in [-0.3, -0.25) is 0 Å². The Hall–Kier alpha value is -2.23. The van der Waals surface area contributed by atoms with E-state index in [9.17, 15) is 4.39 Å². The molecule has 0 aliphatic rings. The van der Waals surface area contributed by atoms with E-state index >= 15 is 0 Å². The molecule has 0 N–H and O–H groups in total. The van der Waals surface area contributed by atoms with E-state index in [1.807, 2.05) is 18.2 Å². The molecule has 0 radical (unpaired) electrons. The molecule has 3 aromatic rings. The van der Waals surface area contributed by atoms with E-state index in [0.29, 0.717) is 12.0 Å². The highest BCUT2D eigenvalue weighted by Crippen LogP contribution is 2.21. The molecule has 3 rings (SSSR count). The normalized spacial score (nSPS) is 11.4. The second-order valence-electron chi connectivity index (χ2n) is 5.11. The zero-order valence-corrected chi connectivity index (χ0v) is 11.5. The van der Waals surface area contributed by atoms with Crippen molar-refractivity contribution in [2.45, 2.75) is 26.3 Å². The van der Waals surface area contributed by atoms with Crippen LogP contribution in [0.3, 0.4) is 0 Å². The van der Waals surface area contributed by atoms with Crippen LogP contribution in [0.1, 0.15) is 31.3 Å². The van der Waals surface area contributed by atoms with Crippen LogP contribution in [0.5, 0.6) is 0 Å². The van der Waals surface area contributed by atoms with Crippen molar-refractivity contribution in [1.29, 1.82) is 0 Å². The van der Waals surface area contributed by atoms with Crippen LogP contribution >= 0.6 is 0 Å². The summed E-state index contributed by atoms with van der Waals surface area (Å²) in [5, 5.41) is 0. The highest BCUT2D eigenvalue weighted by molar-refractivity contribution is 5.71. The summed E-state index contributed by atoms with van der Waals surface area (Å²) in [6, 6.07) is 10.9. The Kier molecular flexibility index (Phi) is 3.22. The minimum absolute atomic E-state index is 0.192. The lowest BCUT2D eigenvalue weighted by Gasteiger charge is -2.12. The molecular formula is C16H16FN3. The van der Waals surface area contributed by atoms with Crippen molar-refractivity contribution in [1.82, 2.24) is 14.5 Å². The van der Waals surface area contributed by atoms with E-state index in [1.54, 1.807) is 18.3 Å². The fraction of sp³-hybridized carbons (Fsp3) is 0.250. The molecule has 0 saturated heterocycles. The molecule has 0 aliphatic heterocycles. The topological polar surface area (TPSA) is 30.7 Å². The summed E-state index contributed by atoms with van der Waals surface area (Å²) in [6.07, 6.45) is 2.23. The first-order valence-corrected chi connectivity index (χ1v) is 6.72. The average molecular weight is 269 g/mol. The van der Waals surface area contributed by atoms with Gasteiger partial charge in [0, 0.05) is 18.7 Å². The van der Waals surface area contributed by atoms with Gasteiger partial charge in [0.2, 0.25) is 0 Å². The SMILES string of the molecule is CC(C)n1c(Cc2ccccc2F)nc2cccnc21. The molecule has 0 unspecified atom stereocenters.